The van der Waals surface area contributed by atoms with E-state index in [2.05, 4.69) is 33.8 Å². The van der Waals surface area contributed by atoms with Gasteiger partial charge in [-0.25, -0.2) is 9.97 Å². The SMILES string of the molecule is Cc1sc2nc(CN3CCOCC3)nc(NCc3ccc(OC(F)F)cn3)c2c1C. The van der Waals surface area contributed by atoms with E-state index in [1.54, 1.807) is 17.4 Å². The molecule has 0 aromatic carbocycles. The monoisotopic (exact) mass is 435 g/mol. The van der Waals surface area contributed by atoms with Crippen molar-refractivity contribution in [3.63, 3.8) is 0 Å². The van der Waals surface area contributed by atoms with Gasteiger partial charge in [0.15, 0.2) is 0 Å². The minimum absolute atomic E-state index is 0.0373. The molecule has 0 atom stereocenters. The molecule has 4 heterocycles. The van der Waals surface area contributed by atoms with Gasteiger partial charge >= 0.3 is 6.61 Å². The minimum atomic E-state index is -2.86. The van der Waals surface area contributed by atoms with Crippen LogP contribution in [0.15, 0.2) is 18.3 Å². The second-order valence-electron chi connectivity index (χ2n) is 7.06. The first-order chi connectivity index (χ1) is 14.5. The molecule has 0 unspecified atom stereocenters. The third kappa shape index (κ3) is 4.82. The zero-order chi connectivity index (χ0) is 21.1. The van der Waals surface area contributed by atoms with E-state index in [1.165, 1.54) is 17.1 Å². The van der Waals surface area contributed by atoms with E-state index in [4.69, 9.17) is 14.7 Å². The molecular weight excluding hydrogens is 412 g/mol. The van der Waals surface area contributed by atoms with E-state index in [1.807, 2.05) is 0 Å². The number of anilines is 1. The molecule has 7 nitrogen and oxygen atoms in total. The van der Waals surface area contributed by atoms with Crippen molar-refractivity contribution in [2.45, 2.75) is 33.5 Å². The van der Waals surface area contributed by atoms with Crippen LogP contribution in [0, 0.1) is 13.8 Å². The summed E-state index contributed by atoms with van der Waals surface area (Å²) >= 11 is 1.66. The van der Waals surface area contributed by atoms with Crippen molar-refractivity contribution in [3.8, 4) is 5.75 Å². The standard InChI is InChI=1S/C20H23F2N5O2S/c1-12-13(2)30-19-17(12)18(25-16(26-19)11-27-5-7-28-8-6-27)24-9-14-3-4-15(10-23-14)29-20(21)22/h3-4,10,20H,5-9,11H2,1-2H3,(H,24,25,26). The second-order valence-corrected chi connectivity index (χ2v) is 8.26. The van der Waals surface area contributed by atoms with E-state index < -0.39 is 6.61 Å². The summed E-state index contributed by atoms with van der Waals surface area (Å²) in [7, 11) is 0. The molecule has 1 N–H and O–H groups in total. The van der Waals surface area contributed by atoms with Crippen LogP contribution >= 0.6 is 11.3 Å². The first-order valence-electron chi connectivity index (χ1n) is 9.70. The fourth-order valence-electron chi connectivity index (χ4n) is 3.31. The molecule has 0 radical (unpaired) electrons. The van der Waals surface area contributed by atoms with Crippen molar-refractivity contribution < 1.29 is 18.3 Å². The lowest BCUT2D eigenvalue weighted by atomic mass is 10.2. The van der Waals surface area contributed by atoms with Crippen molar-refractivity contribution in [2.24, 2.45) is 0 Å². The van der Waals surface area contributed by atoms with Crippen LogP contribution in [0.1, 0.15) is 22.0 Å². The number of aromatic nitrogens is 3. The van der Waals surface area contributed by atoms with Crippen molar-refractivity contribution in [1.29, 1.82) is 0 Å². The third-order valence-corrected chi connectivity index (χ3v) is 6.10. The molecule has 1 fully saturated rings. The molecule has 1 aliphatic heterocycles. The number of aryl methyl sites for hydroxylation is 2. The Morgan fingerprint density at radius 2 is 2.03 bits per heavy atom. The number of morpholine rings is 1. The highest BCUT2D eigenvalue weighted by Gasteiger charge is 2.18. The molecule has 0 saturated carbocycles. The number of rotatable bonds is 7. The average Bonchev–Trinajstić information content (AvgIpc) is 3.01. The summed E-state index contributed by atoms with van der Waals surface area (Å²) in [5.74, 6) is 1.57. The van der Waals surface area contributed by atoms with Gasteiger partial charge in [0.25, 0.3) is 0 Å². The highest BCUT2D eigenvalue weighted by Crippen LogP contribution is 2.33. The first-order valence-corrected chi connectivity index (χ1v) is 10.5. The summed E-state index contributed by atoms with van der Waals surface area (Å²) in [4.78, 5) is 18.2. The molecule has 1 saturated heterocycles. The van der Waals surface area contributed by atoms with Crippen LogP contribution in [0.2, 0.25) is 0 Å². The van der Waals surface area contributed by atoms with Crippen molar-refractivity contribution in [1.82, 2.24) is 19.9 Å². The highest BCUT2D eigenvalue weighted by molar-refractivity contribution is 7.18. The number of nitrogens with one attached hydrogen (secondary N) is 1. The number of fused-ring (bicyclic) bond motifs is 1. The number of ether oxygens (including phenoxy) is 2. The Kier molecular flexibility index (Phi) is 6.35. The lowest BCUT2D eigenvalue weighted by molar-refractivity contribution is -0.0500. The topological polar surface area (TPSA) is 72.4 Å². The van der Waals surface area contributed by atoms with Crippen LogP contribution in [0.5, 0.6) is 5.75 Å². The predicted molar refractivity (Wildman–Crippen MR) is 111 cm³/mol. The van der Waals surface area contributed by atoms with Gasteiger partial charge in [-0.15, -0.1) is 11.3 Å². The fraction of sp³-hybridized carbons (Fsp3) is 0.450. The van der Waals surface area contributed by atoms with Gasteiger partial charge in [0.1, 0.15) is 22.2 Å². The molecule has 0 bridgehead atoms. The number of pyridine rings is 1. The second kappa shape index (κ2) is 9.15. The number of nitrogens with zero attached hydrogens (tertiary/aromatic N) is 4. The van der Waals surface area contributed by atoms with Gasteiger partial charge in [-0.2, -0.15) is 8.78 Å². The maximum Gasteiger partial charge on any atom is 0.387 e. The Morgan fingerprint density at radius 3 is 2.73 bits per heavy atom. The summed E-state index contributed by atoms with van der Waals surface area (Å²) in [5.41, 5.74) is 1.85. The maximum atomic E-state index is 12.3. The smallest absolute Gasteiger partial charge is 0.387 e. The van der Waals surface area contributed by atoms with E-state index in [9.17, 15) is 8.78 Å². The van der Waals surface area contributed by atoms with Crippen LogP contribution in [-0.2, 0) is 17.8 Å². The molecule has 1 aliphatic rings. The molecular formula is C20H23F2N5O2S. The number of hydrogen-bond donors (Lipinski definition) is 1. The van der Waals surface area contributed by atoms with Crippen LogP contribution in [0.4, 0.5) is 14.6 Å². The van der Waals surface area contributed by atoms with Gasteiger partial charge in [-0.1, -0.05) is 0 Å². The van der Waals surface area contributed by atoms with Gasteiger partial charge in [0, 0.05) is 18.0 Å². The largest absolute Gasteiger partial charge is 0.433 e. The summed E-state index contributed by atoms with van der Waals surface area (Å²) in [6.07, 6.45) is 1.29. The number of halogens is 2. The molecule has 10 heteroatoms. The maximum absolute atomic E-state index is 12.3. The van der Waals surface area contributed by atoms with Crippen molar-refractivity contribution in [2.75, 3.05) is 31.6 Å². The Hall–Kier alpha value is -2.43. The molecule has 0 spiro atoms. The molecule has 160 valence electrons. The van der Waals surface area contributed by atoms with Crippen LogP contribution in [0.25, 0.3) is 10.2 Å². The Morgan fingerprint density at radius 1 is 1.23 bits per heavy atom. The van der Waals surface area contributed by atoms with Gasteiger partial charge in [0.2, 0.25) is 0 Å². The molecule has 3 aromatic heterocycles. The zero-order valence-corrected chi connectivity index (χ0v) is 17.6. The summed E-state index contributed by atoms with van der Waals surface area (Å²) < 4.78 is 34.4. The third-order valence-electron chi connectivity index (χ3n) is 5.00. The van der Waals surface area contributed by atoms with E-state index in [-0.39, 0.29) is 5.75 Å². The van der Waals surface area contributed by atoms with Crippen molar-refractivity contribution in [3.05, 3.63) is 40.3 Å². The Labute approximate surface area is 177 Å². The summed E-state index contributed by atoms with van der Waals surface area (Å²) in [6, 6.07) is 3.14. The number of hydrogen-bond acceptors (Lipinski definition) is 8. The fourth-order valence-corrected chi connectivity index (χ4v) is 4.36. The van der Waals surface area contributed by atoms with E-state index >= 15 is 0 Å². The van der Waals surface area contributed by atoms with Crippen molar-refractivity contribution >= 4 is 27.4 Å². The molecule has 30 heavy (non-hydrogen) atoms. The lowest BCUT2D eigenvalue weighted by Crippen LogP contribution is -2.36. The Balaban J connectivity index is 1.55. The van der Waals surface area contributed by atoms with Crippen LogP contribution in [-0.4, -0.2) is 52.8 Å². The Bertz CT molecular complexity index is 1010. The number of alkyl halides is 2. The predicted octanol–water partition coefficient (Wildman–Crippen LogP) is 3.75. The molecule has 3 aromatic rings. The van der Waals surface area contributed by atoms with Crippen LogP contribution < -0.4 is 10.1 Å². The molecule has 0 amide bonds. The molecule has 4 rings (SSSR count). The van der Waals surface area contributed by atoms with Gasteiger partial charge < -0.3 is 14.8 Å². The van der Waals surface area contributed by atoms with E-state index in [0.29, 0.717) is 18.8 Å². The number of thiophene rings is 1. The minimum Gasteiger partial charge on any atom is -0.433 e. The molecule has 0 aliphatic carbocycles. The average molecular weight is 436 g/mol. The first kappa shape index (κ1) is 20.8. The van der Waals surface area contributed by atoms with Crippen LogP contribution in [0.3, 0.4) is 0 Å². The highest BCUT2D eigenvalue weighted by atomic mass is 32.1. The van der Waals surface area contributed by atoms with E-state index in [0.717, 1.165) is 53.7 Å². The summed E-state index contributed by atoms with van der Waals surface area (Å²) in [5, 5.41) is 4.37. The van der Waals surface area contributed by atoms with Gasteiger partial charge in [0.05, 0.1) is 43.6 Å². The van der Waals surface area contributed by atoms with Gasteiger partial charge in [-0.3, -0.25) is 9.88 Å². The quantitative estimate of drug-likeness (QED) is 0.606. The normalized spacial score (nSPS) is 15.1. The summed E-state index contributed by atoms with van der Waals surface area (Å²) in [6.45, 7) is 5.54. The van der Waals surface area contributed by atoms with Gasteiger partial charge in [-0.05, 0) is 31.5 Å². The lowest BCUT2D eigenvalue weighted by Gasteiger charge is -2.25. The zero-order valence-electron chi connectivity index (χ0n) is 16.8.